The van der Waals surface area contributed by atoms with Crippen LogP contribution < -0.4 is 5.16 Å². The van der Waals surface area contributed by atoms with Crippen LogP contribution in [0, 0.1) is 6.92 Å². The maximum absolute atomic E-state index is 8.61. The molecule has 0 saturated heterocycles. The fraction of sp³-hybridized carbons (Fsp3) is 0.250. The summed E-state index contributed by atoms with van der Waals surface area (Å²) in [5.41, 5.74) is 0.722. The highest BCUT2D eigenvalue weighted by atomic mass is 16.5. The fourth-order valence-electron chi connectivity index (χ4n) is 0.310. The molecule has 0 unspecified atom stereocenters. The number of aryl methyl sites for hydroxylation is 1. The molecule has 0 saturated carbocycles. The Labute approximate surface area is 40.6 Å². The zero-order chi connectivity index (χ0) is 5.28. The number of rotatable bonds is 0. The van der Waals surface area contributed by atoms with Gasteiger partial charge in [-0.2, -0.15) is 0 Å². The minimum atomic E-state index is 0.0972. The molecule has 2 N–H and O–H groups in total. The second kappa shape index (κ2) is 1.26. The van der Waals surface area contributed by atoms with Gasteiger partial charge in [-0.05, 0) is 6.92 Å². The van der Waals surface area contributed by atoms with Crippen molar-refractivity contribution in [3.05, 3.63) is 11.8 Å². The van der Waals surface area contributed by atoms with Crippen molar-refractivity contribution in [1.29, 1.82) is 0 Å². The zero-order valence-corrected chi connectivity index (χ0v) is 3.93. The average molecular weight is 100 g/mol. The molecule has 0 aliphatic carbocycles. The molecule has 3 nitrogen and oxygen atoms in total. The molecule has 3 heteroatoms. The minimum absolute atomic E-state index is 0.0972. The minimum Gasteiger partial charge on any atom is -0.457 e. The first-order valence-electron chi connectivity index (χ1n) is 1.95. The first-order chi connectivity index (χ1) is 3.30. The summed E-state index contributed by atoms with van der Waals surface area (Å²) < 4.78 is 4.47. The van der Waals surface area contributed by atoms with Crippen molar-refractivity contribution in [3.63, 3.8) is 0 Å². The van der Waals surface area contributed by atoms with Gasteiger partial charge in [-0.3, -0.25) is 0 Å². The lowest BCUT2D eigenvalue weighted by molar-refractivity contribution is -0.615. The predicted molar refractivity (Wildman–Crippen MR) is 21.7 cm³/mol. The molecule has 0 spiro atoms. The third-order valence-electron chi connectivity index (χ3n) is 0.765. The smallest absolute Gasteiger partial charge is 0.412 e. The third kappa shape index (κ3) is 0.559. The summed E-state index contributed by atoms with van der Waals surface area (Å²) in [6.07, 6.45) is 1.44. The van der Waals surface area contributed by atoms with Gasteiger partial charge >= 0.3 is 5.88 Å². The Morgan fingerprint density at radius 3 is 2.71 bits per heavy atom. The van der Waals surface area contributed by atoms with Crippen molar-refractivity contribution in [2.75, 3.05) is 0 Å². The number of hydrogen-bond donors (Lipinski definition) is 1. The number of hydrogen-bond acceptors (Lipinski definition) is 2. The fourth-order valence-corrected chi connectivity index (χ4v) is 0.310. The first-order valence-corrected chi connectivity index (χ1v) is 1.95. The lowest BCUT2D eigenvalue weighted by Crippen LogP contribution is -1.92. The topological polar surface area (TPSA) is 47.5 Å². The SMILES string of the molecule is Cc1co[nH+]c1O. The molecule has 1 aromatic heterocycles. The molecular formula is C4H6NO2+. The summed E-state index contributed by atoms with van der Waals surface area (Å²) in [4.78, 5) is 0. The van der Waals surface area contributed by atoms with Crippen LogP contribution in [0.25, 0.3) is 0 Å². The van der Waals surface area contributed by atoms with Crippen molar-refractivity contribution in [2.24, 2.45) is 0 Å². The van der Waals surface area contributed by atoms with Crippen LogP contribution in [0.5, 0.6) is 5.88 Å². The van der Waals surface area contributed by atoms with Gasteiger partial charge in [0.2, 0.25) is 0 Å². The van der Waals surface area contributed by atoms with Crippen LogP contribution in [0.3, 0.4) is 0 Å². The Morgan fingerprint density at radius 1 is 1.86 bits per heavy atom. The van der Waals surface area contributed by atoms with Gasteiger partial charge in [0.1, 0.15) is 5.56 Å². The van der Waals surface area contributed by atoms with Gasteiger partial charge < -0.3 is 5.11 Å². The molecule has 0 aromatic carbocycles. The highest BCUT2D eigenvalue weighted by molar-refractivity contribution is 5.10. The van der Waals surface area contributed by atoms with Crippen LogP contribution in [-0.2, 0) is 0 Å². The third-order valence-corrected chi connectivity index (χ3v) is 0.765. The van der Waals surface area contributed by atoms with E-state index in [1.807, 2.05) is 0 Å². The van der Waals surface area contributed by atoms with E-state index in [4.69, 9.17) is 5.11 Å². The summed E-state index contributed by atoms with van der Waals surface area (Å²) in [7, 11) is 0. The molecule has 0 atom stereocenters. The number of H-pyrrole nitrogens is 1. The van der Waals surface area contributed by atoms with Crippen LogP contribution in [0.2, 0.25) is 0 Å². The van der Waals surface area contributed by atoms with Crippen molar-refractivity contribution in [2.45, 2.75) is 6.92 Å². The summed E-state index contributed by atoms with van der Waals surface area (Å²) in [5.74, 6) is 0.0972. The molecule has 0 amide bonds. The van der Waals surface area contributed by atoms with E-state index in [1.165, 1.54) is 6.26 Å². The molecule has 0 aliphatic heterocycles. The van der Waals surface area contributed by atoms with Gasteiger partial charge in [0.05, 0.1) is 0 Å². The molecule has 1 rings (SSSR count). The molecule has 0 bridgehead atoms. The summed E-state index contributed by atoms with van der Waals surface area (Å²) >= 11 is 0. The number of nitrogens with one attached hydrogen (secondary N) is 1. The Kier molecular flexibility index (Phi) is 0.749. The Hall–Kier alpha value is -0.990. The summed E-state index contributed by atoms with van der Waals surface area (Å²) in [6.45, 7) is 1.75. The van der Waals surface area contributed by atoms with E-state index in [-0.39, 0.29) is 5.88 Å². The molecule has 1 aromatic rings. The maximum Gasteiger partial charge on any atom is 0.412 e. The molecule has 7 heavy (non-hydrogen) atoms. The highest BCUT2D eigenvalue weighted by Gasteiger charge is 2.03. The van der Waals surface area contributed by atoms with Crippen molar-refractivity contribution in [3.8, 4) is 5.88 Å². The normalized spacial score (nSPS) is 9.29. The second-order valence-electron chi connectivity index (χ2n) is 1.37. The molecule has 38 valence electrons. The van der Waals surface area contributed by atoms with E-state index >= 15 is 0 Å². The van der Waals surface area contributed by atoms with Crippen LogP contribution >= 0.6 is 0 Å². The molecule has 1 heterocycles. The van der Waals surface area contributed by atoms with E-state index in [9.17, 15) is 0 Å². The highest BCUT2D eigenvalue weighted by Crippen LogP contribution is 2.04. The van der Waals surface area contributed by atoms with Gasteiger partial charge in [-0.1, -0.05) is 0 Å². The Bertz CT molecular complexity index is 142. The van der Waals surface area contributed by atoms with Crippen molar-refractivity contribution >= 4 is 0 Å². The van der Waals surface area contributed by atoms with Crippen LogP contribution in [-0.4, -0.2) is 5.11 Å². The summed E-state index contributed by atoms with van der Waals surface area (Å²) in [5, 5.41) is 10.9. The molecule has 0 radical (unpaired) electrons. The number of aromatic amines is 1. The standard InChI is InChI=1S/C4H5NO2/c1-3-2-7-5-4(3)6/h2H,1H3,(H,5,6)/p+1. The first kappa shape index (κ1) is 4.18. The molecule has 0 aliphatic rings. The zero-order valence-electron chi connectivity index (χ0n) is 3.93. The van der Waals surface area contributed by atoms with Gasteiger partial charge in [-0.25, -0.2) is 4.52 Å². The molecular weight excluding hydrogens is 94.0 g/mol. The van der Waals surface area contributed by atoms with Gasteiger partial charge in [0, 0.05) is 5.16 Å². The van der Waals surface area contributed by atoms with Gasteiger partial charge in [0.25, 0.3) is 0 Å². The van der Waals surface area contributed by atoms with Crippen molar-refractivity contribution < 1.29 is 14.8 Å². The number of aromatic nitrogens is 1. The van der Waals surface area contributed by atoms with E-state index < -0.39 is 0 Å². The molecule has 0 fully saturated rings. The monoisotopic (exact) mass is 100 g/mol. The van der Waals surface area contributed by atoms with E-state index in [2.05, 4.69) is 9.68 Å². The number of aromatic hydroxyl groups is 1. The Balaban J connectivity index is 3.12. The van der Waals surface area contributed by atoms with E-state index in [0.29, 0.717) is 0 Å². The van der Waals surface area contributed by atoms with E-state index in [0.717, 1.165) is 5.56 Å². The van der Waals surface area contributed by atoms with E-state index in [1.54, 1.807) is 6.92 Å². The van der Waals surface area contributed by atoms with Crippen LogP contribution in [0.4, 0.5) is 0 Å². The van der Waals surface area contributed by atoms with Gasteiger partial charge in [0.15, 0.2) is 6.26 Å². The largest absolute Gasteiger partial charge is 0.457 e. The maximum atomic E-state index is 8.61. The van der Waals surface area contributed by atoms with Gasteiger partial charge in [-0.15, -0.1) is 0 Å². The predicted octanol–water partition coefficient (Wildman–Crippen LogP) is 0.108. The quantitative estimate of drug-likeness (QED) is 0.503. The van der Waals surface area contributed by atoms with Crippen LogP contribution in [0.1, 0.15) is 5.56 Å². The second-order valence-corrected chi connectivity index (χ2v) is 1.37. The van der Waals surface area contributed by atoms with Crippen molar-refractivity contribution in [1.82, 2.24) is 0 Å². The average Bonchev–Trinajstić information content (AvgIpc) is 1.91. The Morgan fingerprint density at radius 2 is 2.57 bits per heavy atom. The lowest BCUT2D eigenvalue weighted by atomic mass is 10.4. The lowest BCUT2D eigenvalue weighted by Gasteiger charge is -1.66. The summed E-state index contributed by atoms with van der Waals surface area (Å²) in [6, 6.07) is 0. The van der Waals surface area contributed by atoms with Crippen LogP contribution in [0.15, 0.2) is 10.8 Å².